The third-order valence-corrected chi connectivity index (χ3v) is 1.13. The lowest BCUT2D eigenvalue weighted by Crippen LogP contribution is -2.35. The molecule has 0 bridgehead atoms. The van der Waals surface area contributed by atoms with Crippen LogP contribution in [0.2, 0.25) is 0 Å². The topological polar surface area (TPSA) is 58.6 Å². The normalized spacial score (nSPS) is 13.0. The van der Waals surface area contributed by atoms with Gasteiger partial charge < -0.3 is 15.2 Å². The van der Waals surface area contributed by atoms with Crippen LogP contribution in [0.4, 0.5) is 0 Å². The van der Waals surface area contributed by atoms with E-state index >= 15 is 0 Å². The van der Waals surface area contributed by atoms with Gasteiger partial charge in [0.15, 0.2) is 0 Å². The maximum Gasteiger partial charge on any atom is 0.320 e. The Morgan fingerprint density at radius 3 is 2.80 bits per heavy atom. The maximum atomic E-state index is 10.2. The number of aliphatic carboxylic acids is 1. The van der Waals surface area contributed by atoms with Crippen molar-refractivity contribution in [2.45, 2.75) is 13.0 Å². The highest BCUT2D eigenvalue weighted by atomic mass is 16.5. The molecule has 0 rings (SSSR count). The summed E-state index contributed by atoms with van der Waals surface area (Å²) in [4.78, 5) is 10.2. The summed E-state index contributed by atoms with van der Waals surface area (Å²) < 4.78 is 4.72. The second-order valence-corrected chi connectivity index (χ2v) is 2.01. The summed E-state index contributed by atoms with van der Waals surface area (Å²) in [6.45, 7) is 2.71. The Hall–Kier alpha value is -0.610. The van der Waals surface area contributed by atoms with Crippen molar-refractivity contribution in [2.75, 3.05) is 20.3 Å². The number of hydrogen-bond donors (Lipinski definition) is 2. The van der Waals surface area contributed by atoms with Gasteiger partial charge in [-0.15, -0.1) is 0 Å². The van der Waals surface area contributed by atoms with Gasteiger partial charge >= 0.3 is 5.97 Å². The highest BCUT2D eigenvalue weighted by molar-refractivity contribution is 5.72. The lowest BCUT2D eigenvalue weighted by atomic mass is 10.3. The fourth-order valence-corrected chi connectivity index (χ4v) is 0.465. The Morgan fingerprint density at radius 1 is 1.80 bits per heavy atom. The molecule has 0 saturated heterocycles. The Labute approximate surface area is 60.2 Å². The molecule has 0 amide bonds. The minimum absolute atomic E-state index is 0.491. The standard InChI is InChI=1S/C6H13NO3/c1-5(6(8)9)7-3-4-10-2/h5,7H,3-4H2,1-2H3,(H,8,9)/t5-/m1/s1. The Kier molecular flexibility index (Phi) is 4.88. The monoisotopic (exact) mass is 147 g/mol. The van der Waals surface area contributed by atoms with E-state index in [-0.39, 0.29) is 0 Å². The molecule has 0 unspecified atom stereocenters. The molecule has 0 aliphatic heterocycles. The number of carbonyl (C=O) groups is 1. The number of hydrogen-bond acceptors (Lipinski definition) is 3. The highest BCUT2D eigenvalue weighted by Crippen LogP contribution is 1.78. The van der Waals surface area contributed by atoms with E-state index in [4.69, 9.17) is 9.84 Å². The first kappa shape index (κ1) is 9.39. The van der Waals surface area contributed by atoms with E-state index in [0.29, 0.717) is 13.2 Å². The molecular formula is C6H13NO3. The molecule has 0 aliphatic rings. The molecule has 10 heavy (non-hydrogen) atoms. The second-order valence-electron chi connectivity index (χ2n) is 2.01. The lowest BCUT2D eigenvalue weighted by Gasteiger charge is -2.06. The van der Waals surface area contributed by atoms with Crippen LogP contribution in [0.5, 0.6) is 0 Å². The minimum atomic E-state index is -0.837. The average Bonchev–Trinajstić information content (AvgIpc) is 1.88. The average molecular weight is 147 g/mol. The summed E-state index contributed by atoms with van der Waals surface area (Å²) in [6, 6.07) is -0.491. The van der Waals surface area contributed by atoms with Gasteiger partial charge in [-0.25, -0.2) is 0 Å². The summed E-state index contributed by atoms with van der Waals surface area (Å²) in [6.07, 6.45) is 0. The van der Waals surface area contributed by atoms with Crippen LogP contribution in [0.25, 0.3) is 0 Å². The first-order chi connectivity index (χ1) is 4.68. The molecule has 0 fully saturated rings. The highest BCUT2D eigenvalue weighted by Gasteiger charge is 2.07. The van der Waals surface area contributed by atoms with E-state index in [1.807, 2.05) is 0 Å². The van der Waals surface area contributed by atoms with Crippen LogP contribution in [0, 0.1) is 0 Å². The molecule has 0 aromatic rings. The fraction of sp³-hybridized carbons (Fsp3) is 0.833. The van der Waals surface area contributed by atoms with Crippen molar-refractivity contribution >= 4 is 5.97 Å². The number of methoxy groups -OCH3 is 1. The number of nitrogens with one attached hydrogen (secondary N) is 1. The van der Waals surface area contributed by atoms with Crippen molar-refractivity contribution in [3.05, 3.63) is 0 Å². The molecule has 0 aromatic carbocycles. The quantitative estimate of drug-likeness (QED) is 0.524. The number of carboxylic acid groups (broad SMARTS) is 1. The number of carboxylic acids is 1. The first-order valence-corrected chi connectivity index (χ1v) is 3.13. The lowest BCUT2D eigenvalue weighted by molar-refractivity contribution is -0.139. The number of rotatable bonds is 5. The SMILES string of the molecule is COCCN[C@H](C)C(=O)O. The van der Waals surface area contributed by atoms with Gasteiger partial charge in [-0.3, -0.25) is 4.79 Å². The Balaban J connectivity index is 3.21. The van der Waals surface area contributed by atoms with E-state index in [1.165, 1.54) is 0 Å². The fourth-order valence-electron chi connectivity index (χ4n) is 0.465. The van der Waals surface area contributed by atoms with Gasteiger partial charge in [0.25, 0.3) is 0 Å². The van der Waals surface area contributed by atoms with Crippen LogP contribution in [-0.4, -0.2) is 37.4 Å². The zero-order valence-electron chi connectivity index (χ0n) is 6.26. The first-order valence-electron chi connectivity index (χ1n) is 3.13. The molecule has 0 saturated carbocycles. The maximum absolute atomic E-state index is 10.2. The summed E-state index contributed by atoms with van der Waals surface area (Å²) in [5, 5.41) is 11.1. The molecule has 0 aromatic heterocycles. The molecule has 0 heterocycles. The van der Waals surface area contributed by atoms with E-state index in [2.05, 4.69) is 5.32 Å². The van der Waals surface area contributed by atoms with Crippen molar-refractivity contribution in [3.63, 3.8) is 0 Å². The molecule has 2 N–H and O–H groups in total. The Bertz CT molecular complexity index is 105. The van der Waals surface area contributed by atoms with E-state index < -0.39 is 12.0 Å². The van der Waals surface area contributed by atoms with E-state index in [0.717, 1.165) is 0 Å². The van der Waals surface area contributed by atoms with Crippen LogP contribution in [0.3, 0.4) is 0 Å². The van der Waals surface area contributed by atoms with Gasteiger partial charge in [-0.1, -0.05) is 0 Å². The molecular weight excluding hydrogens is 134 g/mol. The van der Waals surface area contributed by atoms with Gasteiger partial charge in [0.2, 0.25) is 0 Å². The minimum Gasteiger partial charge on any atom is -0.480 e. The smallest absolute Gasteiger partial charge is 0.320 e. The summed E-state index contributed by atoms with van der Waals surface area (Å²) >= 11 is 0. The van der Waals surface area contributed by atoms with Gasteiger partial charge in [0.1, 0.15) is 6.04 Å². The third kappa shape index (κ3) is 4.29. The van der Waals surface area contributed by atoms with E-state index in [9.17, 15) is 4.79 Å². The van der Waals surface area contributed by atoms with Gasteiger partial charge in [-0.2, -0.15) is 0 Å². The van der Waals surface area contributed by atoms with Gasteiger partial charge in [0, 0.05) is 13.7 Å². The summed E-state index contributed by atoms with van der Waals surface area (Å²) in [7, 11) is 1.58. The largest absolute Gasteiger partial charge is 0.480 e. The summed E-state index contributed by atoms with van der Waals surface area (Å²) in [5.41, 5.74) is 0. The molecule has 1 atom stereocenters. The zero-order valence-corrected chi connectivity index (χ0v) is 6.26. The second kappa shape index (κ2) is 5.20. The molecule has 0 aliphatic carbocycles. The summed E-state index contributed by atoms with van der Waals surface area (Å²) in [5.74, 6) is -0.837. The zero-order chi connectivity index (χ0) is 7.98. The molecule has 60 valence electrons. The van der Waals surface area contributed by atoms with Crippen LogP contribution < -0.4 is 5.32 Å². The van der Waals surface area contributed by atoms with Crippen molar-refractivity contribution in [3.8, 4) is 0 Å². The number of ether oxygens (including phenoxy) is 1. The van der Waals surface area contributed by atoms with Crippen molar-refractivity contribution in [1.29, 1.82) is 0 Å². The van der Waals surface area contributed by atoms with Crippen molar-refractivity contribution in [2.24, 2.45) is 0 Å². The van der Waals surface area contributed by atoms with Gasteiger partial charge in [-0.05, 0) is 6.92 Å². The predicted molar refractivity (Wildman–Crippen MR) is 37.0 cm³/mol. The van der Waals surface area contributed by atoms with Crippen molar-refractivity contribution < 1.29 is 14.6 Å². The van der Waals surface area contributed by atoms with Crippen LogP contribution in [0.1, 0.15) is 6.92 Å². The molecule has 0 radical (unpaired) electrons. The van der Waals surface area contributed by atoms with Gasteiger partial charge in [0.05, 0.1) is 6.61 Å². The van der Waals surface area contributed by atoms with Crippen LogP contribution in [0.15, 0.2) is 0 Å². The molecule has 4 heteroatoms. The molecule has 4 nitrogen and oxygen atoms in total. The van der Waals surface area contributed by atoms with E-state index in [1.54, 1.807) is 14.0 Å². The van der Waals surface area contributed by atoms with Crippen LogP contribution in [-0.2, 0) is 9.53 Å². The predicted octanol–water partition coefficient (Wildman–Crippen LogP) is -0.305. The Morgan fingerprint density at radius 2 is 2.40 bits per heavy atom. The van der Waals surface area contributed by atoms with Crippen LogP contribution >= 0.6 is 0 Å². The van der Waals surface area contributed by atoms with Crippen molar-refractivity contribution in [1.82, 2.24) is 5.32 Å². The molecule has 0 spiro atoms. The third-order valence-electron chi connectivity index (χ3n) is 1.13.